The van der Waals surface area contributed by atoms with Crippen LogP contribution in [-0.4, -0.2) is 68.4 Å². The number of aryl methyl sites for hydroxylation is 1. The van der Waals surface area contributed by atoms with Crippen LogP contribution < -0.4 is 0 Å². The van der Waals surface area contributed by atoms with Crippen molar-refractivity contribution in [2.24, 2.45) is 0 Å². The molecule has 4 nitrogen and oxygen atoms in total. The number of nitrogens with zero attached hydrogens (tertiary/aromatic N) is 2. The second-order valence-corrected chi connectivity index (χ2v) is 8.07. The molecule has 1 aromatic heterocycles. The van der Waals surface area contributed by atoms with Crippen LogP contribution >= 0.6 is 11.3 Å². The Hall–Kier alpha value is -0.460. The van der Waals surface area contributed by atoms with Crippen molar-refractivity contribution < 1.29 is 9.47 Å². The minimum Gasteiger partial charge on any atom is -0.374 e. The number of fused-ring (bicyclic) bond motifs is 1. The summed E-state index contributed by atoms with van der Waals surface area (Å²) in [6, 6.07) is 5.01. The molecular weight excluding hydrogens is 296 g/mol. The Bertz CT molecular complexity index is 477. The number of thiophene rings is 1. The Balaban J connectivity index is 1.61. The van der Waals surface area contributed by atoms with E-state index in [4.69, 9.17) is 9.47 Å². The lowest BCUT2D eigenvalue weighted by Crippen LogP contribution is -2.42. The van der Waals surface area contributed by atoms with Crippen molar-refractivity contribution in [2.75, 3.05) is 40.4 Å². The SMILES string of the molecule is Cc1ccc(CN2C[C@@H](OCCN(C)C)[C@@H]3OCCC[C@@H]32)s1. The molecule has 0 amide bonds. The zero-order valence-electron chi connectivity index (χ0n) is 14.0. The number of ether oxygens (including phenoxy) is 2. The van der Waals surface area contributed by atoms with Crippen molar-refractivity contribution in [2.45, 2.75) is 44.6 Å². The first-order valence-corrected chi connectivity index (χ1v) is 9.12. The van der Waals surface area contributed by atoms with Gasteiger partial charge in [-0.1, -0.05) is 0 Å². The highest BCUT2D eigenvalue weighted by Crippen LogP contribution is 2.32. The average Bonchev–Trinajstić information content (AvgIpc) is 3.04. The topological polar surface area (TPSA) is 24.9 Å². The molecule has 3 atom stereocenters. The van der Waals surface area contributed by atoms with Gasteiger partial charge in [-0.05, 0) is 46.0 Å². The van der Waals surface area contributed by atoms with Crippen molar-refractivity contribution in [1.29, 1.82) is 0 Å². The lowest BCUT2D eigenvalue weighted by atomic mass is 10.0. The normalized spacial score (nSPS) is 29.2. The Morgan fingerprint density at radius 1 is 1.41 bits per heavy atom. The zero-order valence-corrected chi connectivity index (χ0v) is 14.8. The van der Waals surface area contributed by atoms with Gasteiger partial charge in [-0.3, -0.25) is 4.90 Å². The molecular formula is C17H28N2O2S. The van der Waals surface area contributed by atoms with Crippen LogP contribution in [0.1, 0.15) is 22.6 Å². The molecule has 1 aromatic rings. The van der Waals surface area contributed by atoms with Gasteiger partial charge >= 0.3 is 0 Å². The fourth-order valence-corrected chi connectivity index (χ4v) is 4.41. The van der Waals surface area contributed by atoms with Crippen LogP contribution in [0.25, 0.3) is 0 Å². The summed E-state index contributed by atoms with van der Waals surface area (Å²) in [6.45, 7) is 6.86. The molecule has 0 radical (unpaired) electrons. The van der Waals surface area contributed by atoms with Crippen molar-refractivity contribution in [3.05, 3.63) is 21.9 Å². The van der Waals surface area contributed by atoms with Crippen molar-refractivity contribution in [3.8, 4) is 0 Å². The second-order valence-electron chi connectivity index (χ2n) is 6.70. The van der Waals surface area contributed by atoms with E-state index >= 15 is 0 Å². The molecule has 5 heteroatoms. The molecule has 124 valence electrons. The van der Waals surface area contributed by atoms with E-state index in [1.807, 2.05) is 11.3 Å². The van der Waals surface area contributed by atoms with Gasteiger partial charge in [0.2, 0.25) is 0 Å². The predicted molar refractivity (Wildman–Crippen MR) is 90.5 cm³/mol. The van der Waals surface area contributed by atoms with Crippen LogP contribution in [0.4, 0.5) is 0 Å². The van der Waals surface area contributed by atoms with E-state index < -0.39 is 0 Å². The van der Waals surface area contributed by atoms with Crippen LogP contribution in [0.15, 0.2) is 12.1 Å². The summed E-state index contributed by atoms with van der Waals surface area (Å²) in [5.74, 6) is 0. The Morgan fingerprint density at radius 3 is 3.00 bits per heavy atom. The van der Waals surface area contributed by atoms with Crippen molar-refractivity contribution in [3.63, 3.8) is 0 Å². The first kappa shape index (κ1) is 16.4. The van der Waals surface area contributed by atoms with Gasteiger partial charge in [0.1, 0.15) is 6.10 Å². The van der Waals surface area contributed by atoms with Crippen LogP contribution in [-0.2, 0) is 16.0 Å². The van der Waals surface area contributed by atoms with E-state index in [0.717, 1.165) is 32.8 Å². The minimum atomic E-state index is 0.228. The highest BCUT2D eigenvalue weighted by atomic mass is 32.1. The molecule has 0 saturated carbocycles. The summed E-state index contributed by atoms with van der Waals surface area (Å²) in [4.78, 5) is 7.59. The summed E-state index contributed by atoms with van der Waals surface area (Å²) in [7, 11) is 4.17. The van der Waals surface area contributed by atoms with Gasteiger partial charge in [0, 0.05) is 42.0 Å². The maximum atomic E-state index is 6.15. The molecule has 0 aliphatic carbocycles. The summed E-state index contributed by atoms with van der Waals surface area (Å²) in [5, 5.41) is 0. The molecule has 0 unspecified atom stereocenters. The summed E-state index contributed by atoms with van der Waals surface area (Å²) >= 11 is 1.91. The largest absolute Gasteiger partial charge is 0.374 e. The first-order chi connectivity index (χ1) is 10.6. The van der Waals surface area contributed by atoms with Crippen LogP contribution in [0.2, 0.25) is 0 Å². The third kappa shape index (κ3) is 3.89. The minimum absolute atomic E-state index is 0.228. The fraction of sp³-hybridized carbons (Fsp3) is 0.765. The van der Waals surface area contributed by atoms with E-state index in [-0.39, 0.29) is 12.2 Å². The van der Waals surface area contributed by atoms with Gasteiger partial charge in [-0.2, -0.15) is 0 Å². The number of likely N-dealkylation sites (N-methyl/N-ethyl adjacent to an activating group) is 1. The van der Waals surface area contributed by atoms with Crippen LogP contribution in [0.3, 0.4) is 0 Å². The van der Waals surface area contributed by atoms with Crippen molar-refractivity contribution >= 4 is 11.3 Å². The average molecular weight is 324 g/mol. The van der Waals surface area contributed by atoms with Gasteiger partial charge in [0.25, 0.3) is 0 Å². The van der Waals surface area contributed by atoms with Crippen LogP contribution in [0, 0.1) is 6.92 Å². The van der Waals surface area contributed by atoms with Crippen LogP contribution in [0.5, 0.6) is 0 Å². The Kier molecular flexibility index (Phi) is 5.52. The Morgan fingerprint density at radius 2 is 2.27 bits per heavy atom. The quantitative estimate of drug-likeness (QED) is 0.802. The third-order valence-electron chi connectivity index (χ3n) is 4.61. The zero-order chi connectivity index (χ0) is 15.5. The van der Waals surface area contributed by atoms with Gasteiger partial charge in [0.15, 0.2) is 0 Å². The predicted octanol–water partition coefficient (Wildman–Crippen LogP) is 2.37. The molecule has 2 fully saturated rings. The Labute approximate surface area is 138 Å². The van der Waals surface area contributed by atoms with E-state index in [2.05, 4.69) is 43.0 Å². The van der Waals surface area contributed by atoms with E-state index in [1.54, 1.807) is 0 Å². The lowest BCUT2D eigenvalue weighted by Gasteiger charge is -2.32. The third-order valence-corrected chi connectivity index (χ3v) is 5.59. The number of hydrogen-bond donors (Lipinski definition) is 0. The molecule has 0 spiro atoms. The van der Waals surface area contributed by atoms with E-state index in [1.165, 1.54) is 22.6 Å². The number of rotatable bonds is 6. The number of hydrogen-bond acceptors (Lipinski definition) is 5. The molecule has 2 saturated heterocycles. The molecule has 0 N–H and O–H groups in total. The second kappa shape index (κ2) is 7.41. The highest BCUT2D eigenvalue weighted by molar-refractivity contribution is 7.11. The fourth-order valence-electron chi connectivity index (χ4n) is 3.49. The summed E-state index contributed by atoms with van der Waals surface area (Å²) in [5.41, 5.74) is 0. The monoisotopic (exact) mass is 324 g/mol. The molecule has 2 aliphatic heterocycles. The maximum absolute atomic E-state index is 6.15. The van der Waals surface area contributed by atoms with Gasteiger partial charge in [-0.15, -0.1) is 11.3 Å². The number of likely N-dealkylation sites (tertiary alicyclic amines) is 1. The van der Waals surface area contributed by atoms with Gasteiger partial charge in [-0.25, -0.2) is 0 Å². The van der Waals surface area contributed by atoms with E-state index in [9.17, 15) is 0 Å². The summed E-state index contributed by atoms with van der Waals surface area (Å²) < 4.78 is 12.2. The van der Waals surface area contributed by atoms with Gasteiger partial charge < -0.3 is 14.4 Å². The molecule has 3 rings (SSSR count). The molecule has 0 aromatic carbocycles. The lowest BCUT2D eigenvalue weighted by molar-refractivity contribution is -0.0786. The first-order valence-electron chi connectivity index (χ1n) is 8.31. The van der Waals surface area contributed by atoms with Crippen molar-refractivity contribution in [1.82, 2.24) is 9.80 Å². The maximum Gasteiger partial charge on any atom is 0.100 e. The molecule has 0 bridgehead atoms. The summed E-state index contributed by atoms with van der Waals surface area (Å²) in [6.07, 6.45) is 2.90. The molecule has 3 heterocycles. The van der Waals surface area contributed by atoms with E-state index in [0.29, 0.717) is 6.04 Å². The molecule has 22 heavy (non-hydrogen) atoms. The molecule has 2 aliphatic rings. The van der Waals surface area contributed by atoms with Gasteiger partial charge in [0.05, 0.1) is 12.7 Å². The highest BCUT2D eigenvalue weighted by Gasteiger charge is 2.44. The smallest absolute Gasteiger partial charge is 0.100 e. The standard InChI is InChI=1S/C17H28N2O2S/c1-13-6-7-14(22-13)11-19-12-16(20-10-8-18(2)3)17-15(19)5-4-9-21-17/h6-7,15-17H,4-5,8-12H2,1-3H3/t15-,16+,17+/m0/s1.